The Morgan fingerprint density at radius 3 is 2.43 bits per heavy atom. The molecule has 0 aliphatic carbocycles. The van der Waals surface area contributed by atoms with Crippen LogP contribution in [0.4, 0.5) is 10.2 Å². The number of hydrogen-bond donors (Lipinski definition) is 0. The minimum Gasteiger partial charge on any atom is -0.451 e. The minimum atomic E-state index is -3.20. The second-order valence-electron chi connectivity index (χ2n) is 13.5. The Kier molecular flexibility index (Phi) is 10.6. The number of aryl methyl sites for hydroxylation is 1. The summed E-state index contributed by atoms with van der Waals surface area (Å²) in [6.45, 7) is 10.8. The number of piperazine rings is 2. The first-order chi connectivity index (χ1) is 24.3. The normalized spacial score (nSPS) is 17.0. The fourth-order valence-corrected chi connectivity index (χ4v) is 7.76. The topological polar surface area (TPSA) is 131 Å². The molecule has 13 nitrogen and oxygen atoms in total. The van der Waals surface area contributed by atoms with Crippen molar-refractivity contribution in [2.75, 3.05) is 77.6 Å². The monoisotopic (exact) mass is 717 g/mol. The lowest BCUT2D eigenvalue weighted by atomic mass is 10.0. The summed E-state index contributed by atoms with van der Waals surface area (Å²) in [5.74, 6) is 0.314. The Bertz CT molecular complexity index is 2060. The largest absolute Gasteiger partial charge is 0.451 e. The van der Waals surface area contributed by atoms with Gasteiger partial charge >= 0.3 is 0 Å². The Balaban J connectivity index is 1.12. The number of benzene rings is 2. The minimum absolute atomic E-state index is 0.115. The maximum Gasteiger partial charge on any atom is 0.257 e. The number of fused-ring (bicyclic) bond motifs is 1. The summed E-state index contributed by atoms with van der Waals surface area (Å²) >= 11 is 0. The van der Waals surface area contributed by atoms with E-state index in [4.69, 9.17) is 4.74 Å². The molecule has 270 valence electrons. The standard InChI is InChI=1S/C36H44FN9O4S/c1-25(43-14-16-45(17-15-43)51(5,48)49)22-46-29(20-38)19-30-26(2)27(6-8-32(30)46)23-42-10-12-44(13-11-42)35-34(21-39-24-40-35)50-33-9-7-28(37)18-31(33)36(47)41(3)4/h6-9,18-19,21,24-25H,10-17,22-23H2,1-5H3. The van der Waals surface area contributed by atoms with Crippen molar-refractivity contribution in [2.45, 2.75) is 33.0 Å². The fraction of sp³-hybridized carbons (Fsp3) is 0.444. The Morgan fingerprint density at radius 1 is 1.04 bits per heavy atom. The van der Waals surface area contributed by atoms with Crippen molar-refractivity contribution in [3.63, 3.8) is 0 Å². The molecule has 2 aliphatic rings. The van der Waals surface area contributed by atoms with Gasteiger partial charge in [0.1, 0.15) is 29.7 Å². The molecule has 0 bridgehead atoms. The highest BCUT2D eigenvalue weighted by Gasteiger charge is 2.28. The van der Waals surface area contributed by atoms with Gasteiger partial charge in [0, 0.05) is 96.5 Å². The van der Waals surface area contributed by atoms with E-state index in [1.807, 2.05) is 6.07 Å². The lowest BCUT2D eigenvalue weighted by Gasteiger charge is -2.37. The van der Waals surface area contributed by atoms with Gasteiger partial charge in [0.25, 0.3) is 5.91 Å². The average molecular weight is 718 g/mol. The molecule has 2 saturated heterocycles. The molecule has 6 rings (SSSR count). The van der Waals surface area contributed by atoms with Gasteiger partial charge in [-0.05, 0) is 55.3 Å². The van der Waals surface area contributed by atoms with E-state index < -0.39 is 15.8 Å². The van der Waals surface area contributed by atoms with Gasteiger partial charge in [0.2, 0.25) is 10.0 Å². The number of ether oxygens (including phenoxy) is 1. The first kappa shape index (κ1) is 36.2. The van der Waals surface area contributed by atoms with E-state index in [0.29, 0.717) is 63.1 Å². The van der Waals surface area contributed by atoms with Crippen molar-refractivity contribution in [3.8, 4) is 17.6 Å². The number of sulfonamides is 1. The van der Waals surface area contributed by atoms with Gasteiger partial charge in [-0.3, -0.25) is 14.6 Å². The number of nitriles is 1. The summed E-state index contributed by atoms with van der Waals surface area (Å²) in [5.41, 5.74) is 4.09. The summed E-state index contributed by atoms with van der Waals surface area (Å²) in [6.07, 6.45) is 4.28. The number of anilines is 1. The van der Waals surface area contributed by atoms with Crippen LogP contribution in [0.15, 0.2) is 48.9 Å². The molecule has 0 saturated carbocycles. The molecule has 1 atom stereocenters. The number of nitrogens with zero attached hydrogens (tertiary/aromatic N) is 9. The number of aromatic nitrogens is 3. The Hall–Kier alpha value is -4.62. The van der Waals surface area contributed by atoms with E-state index in [0.717, 1.165) is 36.1 Å². The first-order valence-electron chi connectivity index (χ1n) is 17.0. The molecule has 51 heavy (non-hydrogen) atoms. The first-order valence-corrected chi connectivity index (χ1v) is 18.9. The number of hydrogen-bond acceptors (Lipinski definition) is 10. The summed E-state index contributed by atoms with van der Waals surface area (Å²) in [4.78, 5) is 29.6. The van der Waals surface area contributed by atoms with Gasteiger partial charge in [-0.2, -0.15) is 9.57 Å². The predicted octanol–water partition coefficient (Wildman–Crippen LogP) is 3.53. The number of amides is 1. The van der Waals surface area contributed by atoms with Crippen LogP contribution in [0.2, 0.25) is 0 Å². The highest BCUT2D eigenvalue weighted by atomic mass is 32.2. The predicted molar refractivity (Wildman–Crippen MR) is 193 cm³/mol. The van der Waals surface area contributed by atoms with Gasteiger partial charge in [-0.25, -0.2) is 22.8 Å². The van der Waals surface area contributed by atoms with E-state index in [2.05, 4.69) is 61.3 Å². The molecule has 4 aromatic rings. The maximum absolute atomic E-state index is 14.1. The zero-order valence-corrected chi connectivity index (χ0v) is 30.5. The average Bonchev–Trinajstić information content (AvgIpc) is 3.47. The van der Waals surface area contributed by atoms with Gasteiger partial charge in [0.05, 0.1) is 18.0 Å². The van der Waals surface area contributed by atoms with Crippen LogP contribution in [0.1, 0.15) is 34.1 Å². The maximum atomic E-state index is 14.1. The third-order valence-electron chi connectivity index (χ3n) is 9.92. The fourth-order valence-electron chi connectivity index (χ4n) is 6.93. The van der Waals surface area contributed by atoms with E-state index in [-0.39, 0.29) is 23.3 Å². The summed E-state index contributed by atoms with van der Waals surface area (Å²) in [6, 6.07) is 12.6. The van der Waals surface area contributed by atoms with Crippen LogP contribution in [0.25, 0.3) is 10.9 Å². The molecule has 2 fully saturated rings. The number of carbonyl (C=O) groups is 1. The lowest BCUT2D eigenvalue weighted by Crippen LogP contribution is -2.51. The van der Waals surface area contributed by atoms with Crippen LogP contribution < -0.4 is 9.64 Å². The van der Waals surface area contributed by atoms with Crippen LogP contribution in [0, 0.1) is 24.1 Å². The smallest absolute Gasteiger partial charge is 0.257 e. The van der Waals surface area contributed by atoms with E-state index in [1.165, 1.54) is 45.6 Å². The van der Waals surface area contributed by atoms with Gasteiger partial charge in [0.15, 0.2) is 11.6 Å². The van der Waals surface area contributed by atoms with Crippen LogP contribution in [0.5, 0.6) is 11.5 Å². The quantitative estimate of drug-likeness (QED) is 0.240. The second-order valence-corrected chi connectivity index (χ2v) is 15.5. The van der Waals surface area contributed by atoms with Crippen LogP contribution >= 0.6 is 0 Å². The third-order valence-corrected chi connectivity index (χ3v) is 11.2. The number of carbonyl (C=O) groups excluding carboxylic acids is 1. The molecular formula is C36H44FN9O4S. The lowest BCUT2D eigenvalue weighted by molar-refractivity contribution is 0.0824. The zero-order valence-electron chi connectivity index (χ0n) is 29.7. The third kappa shape index (κ3) is 7.84. The van der Waals surface area contributed by atoms with Gasteiger partial charge < -0.3 is 19.1 Å². The second kappa shape index (κ2) is 14.9. The molecule has 0 radical (unpaired) electrons. The van der Waals surface area contributed by atoms with Crippen LogP contribution in [-0.2, 0) is 23.1 Å². The summed E-state index contributed by atoms with van der Waals surface area (Å²) < 4.78 is 47.7. The van der Waals surface area contributed by atoms with Crippen LogP contribution in [0.3, 0.4) is 0 Å². The van der Waals surface area contributed by atoms with Gasteiger partial charge in [-0.15, -0.1) is 0 Å². The Morgan fingerprint density at radius 2 is 1.76 bits per heavy atom. The van der Waals surface area contributed by atoms with Crippen molar-refractivity contribution in [1.82, 2.24) is 33.5 Å². The van der Waals surface area contributed by atoms with Crippen molar-refractivity contribution in [1.29, 1.82) is 5.26 Å². The van der Waals surface area contributed by atoms with E-state index in [1.54, 1.807) is 20.3 Å². The number of halogens is 1. The van der Waals surface area contributed by atoms with Crippen molar-refractivity contribution < 1.29 is 22.3 Å². The molecule has 1 amide bonds. The molecule has 2 aromatic heterocycles. The summed E-state index contributed by atoms with van der Waals surface area (Å²) in [7, 11) is 0.00599. The molecule has 0 N–H and O–H groups in total. The Labute approximate surface area is 298 Å². The molecular weight excluding hydrogens is 674 g/mol. The van der Waals surface area contributed by atoms with Crippen molar-refractivity contribution in [2.24, 2.45) is 0 Å². The number of rotatable bonds is 10. The highest BCUT2D eigenvalue weighted by molar-refractivity contribution is 7.88. The molecule has 1 unspecified atom stereocenters. The van der Waals surface area contributed by atoms with E-state index in [9.17, 15) is 22.9 Å². The SMILES string of the molecule is Cc1c(CN2CCN(c3ncncc3Oc3ccc(F)cc3C(=O)N(C)C)CC2)ccc2c1cc(C#N)n2CC(C)N1CCN(S(C)(=O)=O)CC1. The highest BCUT2D eigenvalue weighted by Crippen LogP contribution is 2.33. The van der Waals surface area contributed by atoms with Crippen molar-refractivity contribution >= 4 is 32.7 Å². The summed E-state index contributed by atoms with van der Waals surface area (Å²) in [5, 5.41) is 11.1. The van der Waals surface area contributed by atoms with Crippen LogP contribution in [-0.4, -0.2) is 127 Å². The molecule has 4 heterocycles. The van der Waals surface area contributed by atoms with E-state index >= 15 is 0 Å². The zero-order chi connectivity index (χ0) is 36.4. The molecule has 15 heteroatoms. The molecule has 2 aromatic carbocycles. The van der Waals surface area contributed by atoms with Crippen molar-refractivity contribution in [3.05, 3.63) is 77.1 Å². The molecule has 2 aliphatic heterocycles. The molecule has 0 spiro atoms. The van der Waals surface area contributed by atoms with Gasteiger partial charge in [-0.1, -0.05) is 6.07 Å².